The van der Waals surface area contributed by atoms with Gasteiger partial charge in [-0.3, -0.25) is 0 Å². The van der Waals surface area contributed by atoms with Gasteiger partial charge in [-0.15, -0.1) is 0 Å². The third-order valence-electron chi connectivity index (χ3n) is 1.63. The first-order valence-electron chi connectivity index (χ1n) is 4.53. The summed E-state index contributed by atoms with van der Waals surface area (Å²) in [6.07, 6.45) is 1.11. The first kappa shape index (κ1) is 13.2. The highest BCUT2D eigenvalue weighted by molar-refractivity contribution is 5.80. The second-order valence-electron chi connectivity index (χ2n) is 2.87. The SMILES string of the molecule is C=C(C)c1ccccc1.C=CC(=O)OC. The Morgan fingerprint density at radius 1 is 1.33 bits per heavy atom. The van der Waals surface area contributed by atoms with Gasteiger partial charge >= 0.3 is 5.97 Å². The Morgan fingerprint density at radius 3 is 2.07 bits per heavy atom. The minimum absolute atomic E-state index is 0.394. The summed E-state index contributed by atoms with van der Waals surface area (Å²) >= 11 is 0. The average molecular weight is 204 g/mol. The Hall–Kier alpha value is -1.83. The van der Waals surface area contributed by atoms with E-state index in [2.05, 4.69) is 30.0 Å². The van der Waals surface area contributed by atoms with Crippen LogP contribution in [0.3, 0.4) is 0 Å². The molecule has 80 valence electrons. The Labute approximate surface area is 90.9 Å². The molecule has 0 heterocycles. The number of rotatable bonds is 2. The van der Waals surface area contributed by atoms with Gasteiger partial charge in [0.25, 0.3) is 0 Å². The molecule has 2 nitrogen and oxygen atoms in total. The normalized spacial score (nSPS) is 8.13. The van der Waals surface area contributed by atoms with Crippen LogP contribution in [0.4, 0.5) is 0 Å². The van der Waals surface area contributed by atoms with Gasteiger partial charge in [0.15, 0.2) is 0 Å². The average Bonchev–Trinajstić information content (AvgIpc) is 2.30. The molecular weight excluding hydrogens is 188 g/mol. The number of esters is 1. The molecule has 0 radical (unpaired) electrons. The maximum absolute atomic E-state index is 9.84. The highest BCUT2D eigenvalue weighted by Gasteiger charge is 1.86. The topological polar surface area (TPSA) is 26.3 Å². The molecule has 0 atom stereocenters. The van der Waals surface area contributed by atoms with Gasteiger partial charge in [0.1, 0.15) is 0 Å². The summed E-state index contributed by atoms with van der Waals surface area (Å²) in [4.78, 5) is 9.84. The summed E-state index contributed by atoms with van der Waals surface area (Å²) in [5, 5.41) is 0. The number of hydrogen-bond donors (Lipinski definition) is 0. The number of hydrogen-bond acceptors (Lipinski definition) is 2. The molecule has 0 unspecified atom stereocenters. The van der Waals surface area contributed by atoms with Gasteiger partial charge in [-0.25, -0.2) is 4.79 Å². The molecule has 0 bridgehead atoms. The molecule has 0 saturated carbocycles. The summed E-state index contributed by atoms with van der Waals surface area (Å²) in [5.74, 6) is -0.394. The molecule has 2 heteroatoms. The predicted octanol–water partition coefficient (Wildman–Crippen LogP) is 3.07. The van der Waals surface area contributed by atoms with Gasteiger partial charge in [0.2, 0.25) is 0 Å². The van der Waals surface area contributed by atoms with Crippen LogP contribution in [0.5, 0.6) is 0 Å². The van der Waals surface area contributed by atoms with E-state index in [9.17, 15) is 4.79 Å². The second-order valence-corrected chi connectivity index (χ2v) is 2.87. The van der Waals surface area contributed by atoms with Crippen LogP contribution < -0.4 is 0 Å². The number of carbonyl (C=O) groups is 1. The van der Waals surface area contributed by atoms with E-state index in [1.54, 1.807) is 0 Å². The van der Waals surface area contributed by atoms with E-state index in [-0.39, 0.29) is 0 Å². The van der Waals surface area contributed by atoms with Gasteiger partial charge in [-0.2, -0.15) is 0 Å². The van der Waals surface area contributed by atoms with Crippen molar-refractivity contribution in [3.8, 4) is 0 Å². The van der Waals surface area contributed by atoms with Crippen LogP contribution in [0.1, 0.15) is 12.5 Å². The van der Waals surface area contributed by atoms with Crippen molar-refractivity contribution in [3.05, 3.63) is 55.1 Å². The third kappa shape index (κ3) is 6.27. The lowest BCUT2D eigenvalue weighted by molar-refractivity contribution is -0.134. The Bertz CT molecular complexity index is 326. The van der Waals surface area contributed by atoms with E-state index in [1.807, 2.05) is 25.1 Å². The monoisotopic (exact) mass is 204 g/mol. The van der Waals surface area contributed by atoms with Crippen molar-refractivity contribution >= 4 is 11.5 Å². The van der Waals surface area contributed by atoms with Gasteiger partial charge in [-0.05, 0) is 12.5 Å². The Morgan fingerprint density at radius 2 is 1.87 bits per heavy atom. The van der Waals surface area contributed by atoms with Crippen LogP contribution in [0.25, 0.3) is 5.57 Å². The van der Waals surface area contributed by atoms with Crippen molar-refractivity contribution in [2.24, 2.45) is 0 Å². The highest BCUT2D eigenvalue weighted by Crippen LogP contribution is 2.08. The summed E-state index contributed by atoms with van der Waals surface area (Å²) in [7, 11) is 1.31. The second kappa shape index (κ2) is 7.56. The van der Waals surface area contributed by atoms with Crippen molar-refractivity contribution in [2.45, 2.75) is 6.92 Å². The molecule has 15 heavy (non-hydrogen) atoms. The fourth-order valence-electron chi connectivity index (χ4n) is 0.806. The maximum Gasteiger partial charge on any atom is 0.329 e. The largest absolute Gasteiger partial charge is 0.466 e. The zero-order valence-corrected chi connectivity index (χ0v) is 9.19. The molecule has 0 aromatic heterocycles. The number of benzene rings is 1. The standard InChI is InChI=1S/C9H10.C4H6O2/c1-8(2)9-6-4-3-5-7-9;1-3-4(5)6-2/h3-7H,1H2,2H3;3H,1H2,2H3. The minimum Gasteiger partial charge on any atom is -0.466 e. The van der Waals surface area contributed by atoms with E-state index in [1.165, 1.54) is 12.7 Å². The van der Waals surface area contributed by atoms with Gasteiger partial charge < -0.3 is 4.74 Å². The zero-order valence-electron chi connectivity index (χ0n) is 9.19. The van der Waals surface area contributed by atoms with Crippen LogP contribution in [0.15, 0.2) is 49.6 Å². The molecule has 0 fully saturated rings. The van der Waals surface area contributed by atoms with Crippen molar-refractivity contribution in [3.63, 3.8) is 0 Å². The van der Waals surface area contributed by atoms with Crippen molar-refractivity contribution < 1.29 is 9.53 Å². The Balaban J connectivity index is 0.000000288. The van der Waals surface area contributed by atoms with E-state index in [0.717, 1.165) is 11.6 Å². The van der Waals surface area contributed by atoms with E-state index in [0.29, 0.717) is 0 Å². The highest BCUT2D eigenvalue weighted by atomic mass is 16.5. The molecular formula is C13H16O2. The van der Waals surface area contributed by atoms with Crippen LogP contribution in [-0.2, 0) is 9.53 Å². The fourth-order valence-corrected chi connectivity index (χ4v) is 0.806. The van der Waals surface area contributed by atoms with Crippen LogP contribution >= 0.6 is 0 Å². The molecule has 0 aliphatic carbocycles. The summed E-state index contributed by atoms with van der Waals surface area (Å²) in [6, 6.07) is 10.2. The zero-order chi connectivity index (χ0) is 11.7. The fraction of sp³-hybridized carbons (Fsp3) is 0.154. The maximum atomic E-state index is 9.84. The van der Waals surface area contributed by atoms with E-state index >= 15 is 0 Å². The molecule has 0 saturated heterocycles. The molecule has 0 spiro atoms. The van der Waals surface area contributed by atoms with Gasteiger partial charge in [0.05, 0.1) is 7.11 Å². The summed E-state index contributed by atoms with van der Waals surface area (Å²) in [5.41, 5.74) is 2.34. The van der Waals surface area contributed by atoms with Crippen LogP contribution in [-0.4, -0.2) is 13.1 Å². The first-order chi connectivity index (χ1) is 7.11. The van der Waals surface area contributed by atoms with Gasteiger partial charge in [0, 0.05) is 6.08 Å². The summed E-state index contributed by atoms with van der Waals surface area (Å²) in [6.45, 7) is 8.99. The smallest absolute Gasteiger partial charge is 0.329 e. The van der Waals surface area contributed by atoms with Crippen LogP contribution in [0.2, 0.25) is 0 Å². The molecule has 0 N–H and O–H groups in total. The number of ether oxygens (including phenoxy) is 1. The molecule has 1 aromatic rings. The lowest BCUT2D eigenvalue weighted by atomic mass is 10.1. The van der Waals surface area contributed by atoms with E-state index < -0.39 is 5.97 Å². The molecule has 1 rings (SSSR count). The molecule has 1 aromatic carbocycles. The van der Waals surface area contributed by atoms with Crippen molar-refractivity contribution in [1.29, 1.82) is 0 Å². The summed E-state index contributed by atoms with van der Waals surface area (Å²) < 4.78 is 4.14. The molecule has 0 aliphatic rings. The lowest BCUT2D eigenvalue weighted by Crippen LogP contribution is -1.91. The third-order valence-corrected chi connectivity index (χ3v) is 1.63. The molecule has 0 aliphatic heterocycles. The van der Waals surface area contributed by atoms with Crippen LogP contribution in [0, 0.1) is 0 Å². The van der Waals surface area contributed by atoms with Crippen molar-refractivity contribution in [2.75, 3.05) is 7.11 Å². The van der Waals surface area contributed by atoms with Crippen molar-refractivity contribution in [1.82, 2.24) is 0 Å². The first-order valence-corrected chi connectivity index (χ1v) is 4.53. The number of carbonyl (C=O) groups excluding carboxylic acids is 1. The Kier molecular flexibility index (Phi) is 6.64. The number of methoxy groups -OCH3 is 1. The minimum atomic E-state index is -0.394. The predicted molar refractivity (Wildman–Crippen MR) is 63.4 cm³/mol. The quantitative estimate of drug-likeness (QED) is 0.546. The number of allylic oxidation sites excluding steroid dienone is 1. The van der Waals surface area contributed by atoms with E-state index in [4.69, 9.17) is 0 Å². The molecule has 0 amide bonds. The van der Waals surface area contributed by atoms with Gasteiger partial charge in [-0.1, -0.05) is 49.1 Å². The lowest BCUT2D eigenvalue weighted by Gasteiger charge is -1.94.